The molecule has 7 nitrogen and oxygen atoms in total. The maximum Gasteiger partial charge on any atom is 0.338 e. The summed E-state index contributed by atoms with van der Waals surface area (Å²) < 4.78 is 33.0. The molecule has 1 aromatic heterocycles. The van der Waals surface area contributed by atoms with E-state index in [-0.39, 0.29) is 24.6 Å². The molecule has 0 unspecified atom stereocenters. The minimum atomic E-state index is -0.747. The van der Waals surface area contributed by atoms with E-state index in [1.807, 2.05) is 30.3 Å². The number of benzene rings is 3. The minimum Gasteiger partial charge on any atom is -0.490 e. The number of carbonyl (C=O) groups is 1. The molecule has 3 aromatic carbocycles. The number of rotatable bonds is 10. The highest BCUT2D eigenvalue weighted by atomic mass is 32.1. The van der Waals surface area contributed by atoms with Crippen LogP contribution in [0.5, 0.6) is 11.5 Å². The van der Waals surface area contributed by atoms with Gasteiger partial charge in [-0.05, 0) is 49.8 Å². The zero-order chi connectivity index (χ0) is 29.6. The van der Waals surface area contributed by atoms with Crippen molar-refractivity contribution in [3.05, 3.63) is 139 Å². The summed E-state index contributed by atoms with van der Waals surface area (Å²) in [5.74, 6) is 0.256. The molecule has 0 saturated carbocycles. The lowest BCUT2D eigenvalue weighted by molar-refractivity contribution is -0.139. The Morgan fingerprint density at radius 2 is 1.81 bits per heavy atom. The zero-order valence-corrected chi connectivity index (χ0v) is 24.0. The quantitative estimate of drug-likeness (QED) is 0.192. The third-order valence-corrected chi connectivity index (χ3v) is 7.61. The number of thiazole rings is 1. The number of nitrogens with zero attached hydrogens (tertiary/aromatic N) is 2. The molecule has 2 heterocycles. The summed E-state index contributed by atoms with van der Waals surface area (Å²) in [6.45, 7) is 7.71. The highest BCUT2D eigenvalue weighted by molar-refractivity contribution is 7.07. The Hall–Kier alpha value is -4.76. The maximum absolute atomic E-state index is 14.2. The van der Waals surface area contributed by atoms with Crippen LogP contribution in [0.2, 0.25) is 0 Å². The van der Waals surface area contributed by atoms with Gasteiger partial charge in [-0.25, -0.2) is 14.2 Å². The Labute approximate surface area is 246 Å². The van der Waals surface area contributed by atoms with Crippen molar-refractivity contribution in [3.63, 3.8) is 0 Å². The van der Waals surface area contributed by atoms with Gasteiger partial charge in [0.15, 0.2) is 4.80 Å². The van der Waals surface area contributed by atoms with E-state index in [1.165, 1.54) is 22.0 Å². The van der Waals surface area contributed by atoms with Crippen LogP contribution in [0, 0.1) is 5.82 Å². The first-order chi connectivity index (χ1) is 20.4. The standard InChI is InChI=1S/C33H29FN2O5S/c1-4-18-40-25-16-14-22(15-17-25)30-29(32(38)39-5-2)21(3)35-33-36(30)31(37)28(42-33)19-23-10-7-9-13-27(23)41-20-24-11-6-8-12-26(24)34/h4,6-17,19,30H,1,5,18,20H2,2-3H3/b28-19-/t30-/m1/s1. The molecule has 0 N–H and O–H groups in total. The van der Waals surface area contributed by atoms with E-state index in [4.69, 9.17) is 14.2 Å². The fourth-order valence-electron chi connectivity index (χ4n) is 4.65. The number of carbonyl (C=O) groups excluding carboxylic acids is 1. The summed E-state index contributed by atoms with van der Waals surface area (Å²) in [6.07, 6.45) is 3.38. The number of esters is 1. The van der Waals surface area contributed by atoms with Crippen LogP contribution in [0.15, 0.2) is 107 Å². The predicted octanol–water partition coefficient (Wildman–Crippen LogP) is 5.08. The van der Waals surface area contributed by atoms with Gasteiger partial charge in [0, 0.05) is 11.1 Å². The van der Waals surface area contributed by atoms with E-state index < -0.39 is 12.0 Å². The Bertz CT molecular complexity index is 1840. The smallest absolute Gasteiger partial charge is 0.338 e. The average Bonchev–Trinajstić information content (AvgIpc) is 3.29. The van der Waals surface area contributed by atoms with Crippen LogP contribution in [-0.2, 0) is 16.1 Å². The first-order valence-corrected chi connectivity index (χ1v) is 14.2. The molecule has 4 aromatic rings. The van der Waals surface area contributed by atoms with Gasteiger partial charge < -0.3 is 14.2 Å². The zero-order valence-electron chi connectivity index (χ0n) is 23.2. The van der Waals surface area contributed by atoms with Crippen molar-refractivity contribution in [2.45, 2.75) is 26.5 Å². The molecule has 1 aliphatic rings. The topological polar surface area (TPSA) is 79.1 Å². The van der Waals surface area contributed by atoms with Crippen LogP contribution in [0.25, 0.3) is 6.08 Å². The lowest BCUT2D eigenvalue weighted by Crippen LogP contribution is -2.39. The van der Waals surface area contributed by atoms with Crippen molar-refractivity contribution in [3.8, 4) is 11.5 Å². The number of halogens is 1. The van der Waals surface area contributed by atoms with Crippen LogP contribution in [0.3, 0.4) is 0 Å². The SMILES string of the molecule is C=CCOc1ccc([C@@H]2C(C(=O)OCC)=C(C)N=c3s/c(=C\c4ccccc4OCc4ccccc4F)c(=O)n32)cc1. The monoisotopic (exact) mass is 584 g/mol. The minimum absolute atomic E-state index is 0.0351. The molecule has 214 valence electrons. The van der Waals surface area contributed by atoms with Crippen molar-refractivity contribution < 1.29 is 23.4 Å². The molecular formula is C33H29FN2O5S. The van der Waals surface area contributed by atoms with Gasteiger partial charge in [0.05, 0.1) is 28.5 Å². The van der Waals surface area contributed by atoms with Crippen molar-refractivity contribution >= 4 is 23.4 Å². The van der Waals surface area contributed by atoms with E-state index >= 15 is 0 Å². The van der Waals surface area contributed by atoms with Crippen molar-refractivity contribution in [1.82, 2.24) is 4.57 Å². The van der Waals surface area contributed by atoms with Gasteiger partial charge in [-0.15, -0.1) is 0 Å². The van der Waals surface area contributed by atoms with E-state index in [0.717, 1.165) is 0 Å². The van der Waals surface area contributed by atoms with Crippen LogP contribution >= 0.6 is 11.3 Å². The maximum atomic E-state index is 14.2. The van der Waals surface area contributed by atoms with Crippen LogP contribution < -0.4 is 24.4 Å². The molecule has 0 amide bonds. The van der Waals surface area contributed by atoms with Crippen molar-refractivity contribution in [2.75, 3.05) is 13.2 Å². The van der Waals surface area contributed by atoms with Crippen LogP contribution in [-0.4, -0.2) is 23.8 Å². The summed E-state index contributed by atoms with van der Waals surface area (Å²) in [5, 5.41) is 0. The first kappa shape index (κ1) is 28.8. The number of aromatic nitrogens is 1. The lowest BCUT2D eigenvalue weighted by Gasteiger charge is -2.24. The fraction of sp³-hybridized carbons (Fsp3) is 0.182. The number of hydrogen-bond donors (Lipinski definition) is 0. The highest BCUT2D eigenvalue weighted by Gasteiger charge is 2.33. The van der Waals surface area contributed by atoms with Crippen LogP contribution in [0.1, 0.15) is 36.6 Å². The number of fused-ring (bicyclic) bond motifs is 1. The largest absolute Gasteiger partial charge is 0.490 e. The molecule has 42 heavy (non-hydrogen) atoms. The van der Waals surface area contributed by atoms with Gasteiger partial charge in [-0.2, -0.15) is 0 Å². The van der Waals surface area contributed by atoms with E-state index in [1.54, 1.807) is 62.4 Å². The van der Waals surface area contributed by atoms with Crippen molar-refractivity contribution in [1.29, 1.82) is 0 Å². The average molecular weight is 585 g/mol. The lowest BCUT2D eigenvalue weighted by atomic mass is 9.96. The molecule has 0 bridgehead atoms. The summed E-state index contributed by atoms with van der Waals surface area (Å²) in [7, 11) is 0. The second-order valence-electron chi connectivity index (χ2n) is 9.39. The molecule has 9 heteroatoms. The molecule has 0 saturated heterocycles. The van der Waals surface area contributed by atoms with Gasteiger partial charge in [-0.1, -0.05) is 72.5 Å². The predicted molar refractivity (Wildman–Crippen MR) is 160 cm³/mol. The van der Waals surface area contributed by atoms with Gasteiger partial charge in [0.25, 0.3) is 5.56 Å². The summed E-state index contributed by atoms with van der Waals surface area (Å²) in [5.41, 5.74) is 2.25. The van der Waals surface area contributed by atoms with Gasteiger partial charge in [0.2, 0.25) is 0 Å². The molecule has 5 rings (SSSR count). The Balaban J connectivity index is 1.58. The molecule has 0 spiro atoms. The van der Waals surface area contributed by atoms with E-state index in [0.29, 0.717) is 55.4 Å². The third-order valence-electron chi connectivity index (χ3n) is 6.63. The fourth-order valence-corrected chi connectivity index (χ4v) is 5.69. The van der Waals surface area contributed by atoms with Crippen molar-refractivity contribution in [2.24, 2.45) is 4.99 Å². The molecule has 1 atom stereocenters. The normalized spacial score (nSPS) is 14.6. The van der Waals surface area contributed by atoms with E-state index in [9.17, 15) is 14.0 Å². The molecule has 0 fully saturated rings. The van der Waals surface area contributed by atoms with Crippen LogP contribution in [0.4, 0.5) is 4.39 Å². The summed E-state index contributed by atoms with van der Waals surface area (Å²) in [6, 6.07) is 20.1. The van der Waals surface area contributed by atoms with E-state index in [2.05, 4.69) is 11.6 Å². The van der Waals surface area contributed by atoms with Gasteiger partial charge in [0.1, 0.15) is 30.5 Å². The molecule has 0 aliphatic carbocycles. The highest BCUT2D eigenvalue weighted by Crippen LogP contribution is 2.32. The second kappa shape index (κ2) is 12.8. The molecule has 1 aliphatic heterocycles. The van der Waals surface area contributed by atoms with Gasteiger partial charge >= 0.3 is 5.97 Å². The third kappa shape index (κ3) is 5.96. The molecule has 0 radical (unpaired) electrons. The Kier molecular flexibility index (Phi) is 8.78. The number of allylic oxidation sites excluding steroid dienone is 1. The second-order valence-corrected chi connectivity index (χ2v) is 10.4. The first-order valence-electron chi connectivity index (χ1n) is 13.4. The summed E-state index contributed by atoms with van der Waals surface area (Å²) in [4.78, 5) is 32.2. The van der Waals surface area contributed by atoms with Gasteiger partial charge in [-0.3, -0.25) is 9.36 Å². The summed E-state index contributed by atoms with van der Waals surface area (Å²) >= 11 is 1.22. The Morgan fingerprint density at radius 1 is 1.07 bits per heavy atom. The number of hydrogen-bond acceptors (Lipinski definition) is 7. The number of ether oxygens (including phenoxy) is 3. The molecular weight excluding hydrogens is 555 g/mol. The number of para-hydroxylation sites is 1. The Morgan fingerprint density at radius 3 is 2.55 bits per heavy atom.